The van der Waals surface area contributed by atoms with Crippen LogP contribution in [0.4, 0.5) is 4.79 Å². The first-order valence-corrected chi connectivity index (χ1v) is 14.7. The molecule has 2 atom stereocenters. The van der Waals surface area contributed by atoms with E-state index in [9.17, 15) is 14.4 Å². The van der Waals surface area contributed by atoms with Crippen LogP contribution in [0.15, 0.2) is 96.7 Å². The van der Waals surface area contributed by atoms with Gasteiger partial charge >= 0.3 is 6.03 Å². The van der Waals surface area contributed by atoms with Crippen LogP contribution in [-0.4, -0.2) is 76.6 Å². The summed E-state index contributed by atoms with van der Waals surface area (Å²) in [6.07, 6.45) is 1.83. The summed E-state index contributed by atoms with van der Waals surface area (Å²) in [5.74, 6) is 2.13. The fraction of sp³-hybridized carbons (Fsp3) is 0.353. The Kier molecular flexibility index (Phi) is 9.37. The van der Waals surface area contributed by atoms with E-state index < -0.39 is 12.2 Å². The normalized spacial score (nSPS) is 19.1. The van der Waals surface area contributed by atoms with Crippen LogP contribution in [-0.2, 0) is 16.1 Å². The average molecular weight is 566 g/mol. The summed E-state index contributed by atoms with van der Waals surface area (Å²) in [6, 6.07) is 29.5. The molecule has 0 aliphatic carbocycles. The van der Waals surface area contributed by atoms with E-state index in [0.29, 0.717) is 31.8 Å². The van der Waals surface area contributed by atoms with E-state index in [1.807, 2.05) is 66.7 Å². The second kappa shape index (κ2) is 13.5. The molecule has 0 unspecified atom stereocenters. The van der Waals surface area contributed by atoms with Crippen LogP contribution < -0.4 is 5.32 Å². The Morgan fingerprint density at radius 1 is 0.952 bits per heavy atom. The minimum atomic E-state index is -0.571. The number of carbonyl (C=O) groups is 2. The Balaban J connectivity index is 1.49. The van der Waals surface area contributed by atoms with Crippen LogP contribution in [0.2, 0.25) is 0 Å². The maximum atomic E-state index is 13.7. The van der Waals surface area contributed by atoms with Crippen LogP contribution in [0.3, 0.4) is 0 Å². The number of piperazine rings is 1. The highest BCUT2D eigenvalue weighted by Crippen LogP contribution is 2.35. The van der Waals surface area contributed by atoms with Gasteiger partial charge in [-0.3, -0.25) is 4.79 Å². The van der Waals surface area contributed by atoms with Crippen molar-refractivity contribution < 1.29 is 14.4 Å². The summed E-state index contributed by atoms with van der Waals surface area (Å²) in [7, 11) is 1.77. The van der Waals surface area contributed by atoms with Gasteiger partial charge in [0.2, 0.25) is 5.91 Å². The van der Waals surface area contributed by atoms with Gasteiger partial charge in [-0.25, -0.2) is 19.6 Å². The van der Waals surface area contributed by atoms with Crippen molar-refractivity contribution in [3.8, 4) is 0 Å². The van der Waals surface area contributed by atoms with E-state index in [1.54, 1.807) is 22.0 Å². The maximum absolute atomic E-state index is 13.7. The fourth-order valence-corrected chi connectivity index (χ4v) is 6.17. The highest BCUT2D eigenvalue weighted by molar-refractivity contribution is 5.83. The molecule has 8 nitrogen and oxygen atoms in total. The van der Waals surface area contributed by atoms with Gasteiger partial charge in [-0.05, 0) is 23.1 Å². The van der Waals surface area contributed by atoms with E-state index >= 15 is 0 Å². The van der Waals surface area contributed by atoms with Crippen molar-refractivity contribution >= 4 is 17.9 Å². The fourth-order valence-electron chi connectivity index (χ4n) is 6.17. The summed E-state index contributed by atoms with van der Waals surface area (Å²) in [4.78, 5) is 43.8. The number of unbranched alkanes of at least 4 members (excludes halogenated alkanes) is 1. The Labute approximate surface area is 248 Å². The number of urea groups is 1. The molecular formula is C34H39N5O3. The highest BCUT2D eigenvalue weighted by Gasteiger charge is 2.49. The smallest absolute Gasteiger partial charge is 0.334 e. The standard InChI is InChI=1S/C34H39N5O3/c1-3-4-20-30-31(25-40)37(22-29(27-16-10-6-11-17-27)28-18-12-7-13-19-28)23-32-38(30)33(41)24-36(2)39(32)34(42)35-21-26-14-8-5-9-15-26/h5-19,29-30,32H,3-4,20-24H2,1-2H3,(H,35,42)/t30-,32-/m0/s1. The largest absolute Gasteiger partial charge is 0.359 e. The lowest BCUT2D eigenvalue weighted by Crippen LogP contribution is -2.74. The predicted molar refractivity (Wildman–Crippen MR) is 163 cm³/mol. The molecule has 8 heteroatoms. The highest BCUT2D eigenvalue weighted by atomic mass is 16.2. The molecular weight excluding hydrogens is 526 g/mol. The third-order valence-electron chi connectivity index (χ3n) is 8.24. The second-order valence-electron chi connectivity index (χ2n) is 11.0. The summed E-state index contributed by atoms with van der Waals surface area (Å²) in [6.45, 7) is 3.34. The molecule has 0 bridgehead atoms. The summed E-state index contributed by atoms with van der Waals surface area (Å²) >= 11 is 0. The number of hydrogen-bond donors (Lipinski definition) is 1. The molecule has 0 radical (unpaired) electrons. The molecule has 3 aromatic carbocycles. The molecule has 0 aromatic heterocycles. The van der Waals surface area contributed by atoms with Gasteiger partial charge < -0.3 is 15.1 Å². The van der Waals surface area contributed by atoms with E-state index in [4.69, 9.17) is 0 Å². The number of nitrogens with one attached hydrogen (secondary N) is 1. The van der Waals surface area contributed by atoms with Crippen molar-refractivity contribution in [2.75, 3.05) is 26.7 Å². The van der Waals surface area contributed by atoms with Crippen molar-refractivity contribution in [1.29, 1.82) is 0 Å². The van der Waals surface area contributed by atoms with Gasteiger partial charge in [-0.1, -0.05) is 111 Å². The number of rotatable bonds is 9. The molecule has 3 amide bonds. The number of likely N-dealkylation sites (N-methyl/N-ethyl adjacent to an activating group) is 1. The first kappa shape index (κ1) is 29.1. The SMILES string of the molecule is CCCC[C@H]1C(=C=O)N(CC(c2ccccc2)c2ccccc2)C[C@H]2N1C(=O)CN(C)N2C(=O)NCc1ccccc1. The molecule has 2 heterocycles. The van der Waals surface area contributed by atoms with Crippen LogP contribution in [0.1, 0.15) is 48.8 Å². The summed E-state index contributed by atoms with van der Waals surface area (Å²) < 4.78 is 0. The molecule has 2 fully saturated rings. The molecule has 2 aliphatic rings. The van der Waals surface area contributed by atoms with Crippen molar-refractivity contribution in [2.45, 2.75) is 50.9 Å². The molecule has 2 aliphatic heterocycles. The molecule has 2 saturated heterocycles. The maximum Gasteiger partial charge on any atom is 0.334 e. The molecule has 42 heavy (non-hydrogen) atoms. The van der Waals surface area contributed by atoms with Gasteiger partial charge in [0.1, 0.15) is 17.8 Å². The van der Waals surface area contributed by atoms with Crippen LogP contribution in [0.25, 0.3) is 0 Å². The molecule has 0 spiro atoms. The zero-order valence-electron chi connectivity index (χ0n) is 24.4. The topological polar surface area (TPSA) is 76.2 Å². The number of hydrazine groups is 1. The Hall–Kier alpha value is -4.39. The quantitative estimate of drug-likeness (QED) is 0.383. The van der Waals surface area contributed by atoms with E-state index in [2.05, 4.69) is 47.3 Å². The average Bonchev–Trinajstić information content (AvgIpc) is 3.02. The zero-order chi connectivity index (χ0) is 29.5. The molecule has 1 N–H and O–H groups in total. The van der Waals surface area contributed by atoms with Gasteiger partial charge in [0.25, 0.3) is 0 Å². The second-order valence-corrected chi connectivity index (χ2v) is 11.0. The Bertz CT molecular complexity index is 1350. The Morgan fingerprint density at radius 2 is 1.55 bits per heavy atom. The van der Waals surface area contributed by atoms with Crippen molar-refractivity contribution in [1.82, 2.24) is 25.1 Å². The third kappa shape index (κ3) is 6.25. The van der Waals surface area contributed by atoms with Crippen molar-refractivity contribution in [3.05, 3.63) is 113 Å². The van der Waals surface area contributed by atoms with Gasteiger partial charge in [-0.2, -0.15) is 0 Å². The van der Waals surface area contributed by atoms with Crippen LogP contribution in [0, 0.1) is 0 Å². The lowest BCUT2D eigenvalue weighted by atomic mass is 9.89. The minimum Gasteiger partial charge on any atom is -0.359 e. The number of benzene rings is 3. The molecule has 0 saturated carbocycles. The number of nitrogens with zero attached hydrogens (tertiary/aromatic N) is 4. The van der Waals surface area contributed by atoms with E-state index in [0.717, 1.165) is 29.5 Å². The van der Waals surface area contributed by atoms with E-state index in [1.165, 1.54) is 0 Å². The lowest BCUT2D eigenvalue weighted by molar-refractivity contribution is -0.175. The first-order valence-electron chi connectivity index (χ1n) is 14.7. The van der Waals surface area contributed by atoms with Crippen molar-refractivity contribution in [2.24, 2.45) is 0 Å². The van der Waals surface area contributed by atoms with Gasteiger partial charge in [0, 0.05) is 26.1 Å². The predicted octanol–water partition coefficient (Wildman–Crippen LogP) is 4.64. The van der Waals surface area contributed by atoms with Gasteiger partial charge in [-0.15, -0.1) is 0 Å². The Morgan fingerprint density at radius 3 is 2.12 bits per heavy atom. The van der Waals surface area contributed by atoms with Gasteiger partial charge in [0.15, 0.2) is 0 Å². The minimum absolute atomic E-state index is 0.0218. The number of fused-ring (bicyclic) bond motifs is 1. The monoisotopic (exact) mass is 565 g/mol. The molecule has 3 aromatic rings. The molecule has 5 rings (SSSR count). The summed E-state index contributed by atoms with van der Waals surface area (Å²) in [5, 5.41) is 6.39. The van der Waals surface area contributed by atoms with Gasteiger partial charge in [0.05, 0.1) is 19.1 Å². The number of amides is 3. The number of carbonyl (C=O) groups excluding carboxylic acids is 3. The lowest BCUT2D eigenvalue weighted by Gasteiger charge is -2.55. The molecule has 218 valence electrons. The van der Waals surface area contributed by atoms with Crippen molar-refractivity contribution in [3.63, 3.8) is 0 Å². The van der Waals surface area contributed by atoms with Crippen LogP contribution in [0.5, 0.6) is 0 Å². The van der Waals surface area contributed by atoms with Crippen LogP contribution >= 0.6 is 0 Å². The van der Waals surface area contributed by atoms with E-state index in [-0.39, 0.29) is 24.4 Å². The number of hydrogen-bond acceptors (Lipinski definition) is 5. The third-order valence-corrected chi connectivity index (χ3v) is 8.24. The zero-order valence-corrected chi connectivity index (χ0v) is 24.4. The summed E-state index contributed by atoms with van der Waals surface area (Å²) in [5.41, 5.74) is 3.75. The first-order chi connectivity index (χ1) is 20.5.